The first-order valence-corrected chi connectivity index (χ1v) is 9.40. The Labute approximate surface area is 184 Å². The molecule has 0 bridgehead atoms. The molecule has 3 N–H and O–H groups in total. The van der Waals surface area contributed by atoms with Crippen LogP contribution in [0.25, 0.3) is 5.82 Å². The Bertz CT molecular complexity index is 1270. The van der Waals surface area contributed by atoms with Gasteiger partial charge in [-0.1, -0.05) is 35.0 Å². The Morgan fingerprint density at radius 2 is 2.03 bits per heavy atom. The highest BCUT2D eigenvalue weighted by atomic mass is 35.5. The molecule has 2 aromatic carbocycles. The van der Waals surface area contributed by atoms with Gasteiger partial charge in [0.05, 0.1) is 6.21 Å². The molecule has 0 spiro atoms. The molecule has 11 nitrogen and oxygen atoms in total. The SMILES string of the molecule is Nc1nonc1-n1nnc(C(=O)N/N=C/c2ccccc2Cl)c1COc1ccc(F)cc1. The maximum absolute atomic E-state index is 13.1. The number of hydrogen-bond acceptors (Lipinski definition) is 9. The second-order valence-electron chi connectivity index (χ2n) is 6.23. The summed E-state index contributed by atoms with van der Waals surface area (Å²) < 4.78 is 24.5. The molecule has 0 aliphatic rings. The van der Waals surface area contributed by atoms with Crippen molar-refractivity contribution >= 4 is 29.5 Å². The molecule has 0 fully saturated rings. The van der Waals surface area contributed by atoms with Gasteiger partial charge in [-0.15, -0.1) is 5.10 Å². The van der Waals surface area contributed by atoms with E-state index in [0.29, 0.717) is 16.3 Å². The number of amides is 1. The van der Waals surface area contributed by atoms with Crippen molar-refractivity contribution in [2.45, 2.75) is 6.61 Å². The van der Waals surface area contributed by atoms with Crippen LogP contribution in [0.1, 0.15) is 21.7 Å². The molecule has 0 radical (unpaired) electrons. The number of nitrogen functional groups attached to an aromatic ring is 1. The summed E-state index contributed by atoms with van der Waals surface area (Å²) in [6.07, 6.45) is 1.39. The summed E-state index contributed by atoms with van der Waals surface area (Å²) in [6, 6.07) is 12.3. The lowest BCUT2D eigenvalue weighted by Gasteiger charge is -2.08. The Kier molecular flexibility index (Phi) is 6.03. The van der Waals surface area contributed by atoms with E-state index >= 15 is 0 Å². The fourth-order valence-corrected chi connectivity index (χ4v) is 2.78. The molecule has 32 heavy (non-hydrogen) atoms. The van der Waals surface area contributed by atoms with Gasteiger partial charge in [-0.05, 0) is 40.6 Å². The number of hydrazone groups is 1. The molecule has 0 saturated carbocycles. The highest BCUT2D eigenvalue weighted by molar-refractivity contribution is 6.33. The van der Waals surface area contributed by atoms with Gasteiger partial charge in [-0.25, -0.2) is 14.4 Å². The van der Waals surface area contributed by atoms with Crippen molar-refractivity contribution in [1.29, 1.82) is 0 Å². The van der Waals surface area contributed by atoms with Gasteiger partial charge in [0.1, 0.15) is 23.9 Å². The van der Waals surface area contributed by atoms with Gasteiger partial charge >= 0.3 is 0 Å². The summed E-state index contributed by atoms with van der Waals surface area (Å²) in [7, 11) is 0. The predicted molar refractivity (Wildman–Crippen MR) is 111 cm³/mol. The number of halogens is 2. The lowest BCUT2D eigenvalue weighted by molar-refractivity contribution is 0.0947. The first-order chi connectivity index (χ1) is 15.5. The van der Waals surface area contributed by atoms with Crippen LogP contribution in [-0.2, 0) is 6.61 Å². The largest absolute Gasteiger partial charge is 0.487 e. The Balaban J connectivity index is 1.58. The molecule has 0 aliphatic heterocycles. The van der Waals surface area contributed by atoms with Crippen molar-refractivity contribution in [3.63, 3.8) is 0 Å². The van der Waals surface area contributed by atoms with Crippen molar-refractivity contribution < 1.29 is 18.6 Å². The van der Waals surface area contributed by atoms with Crippen LogP contribution in [0.5, 0.6) is 5.75 Å². The van der Waals surface area contributed by atoms with E-state index < -0.39 is 11.7 Å². The van der Waals surface area contributed by atoms with E-state index in [9.17, 15) is 9.18 Å². The Hall–Kier alpha value is -4.32. The zero-order chi connectivity index (χ0) is 22.5. The average molecular weight is 457 g/mol. The Morgan fingerprint density at radius 3 is 2.75 bits per heavy atom. The summed E-state index contributed by atoms with van der Waals surface area (Å²) >= 11 is 6.06. The maximum Gasteiger partial charge on any atom is 0.293 e. The molecular formula is C19H14ClFN8O3. The van der Waals surface area contributed by atoms with E-state index in [2.05, 4.69) is 35.8 Å². The highest BCUT2D eigenvalue weighted by Crippen LogP contribution is 2.19. The normalized spacial score (nSPS) is 11.1. The number of anilines is 1. The first-order valence-electron chi connectivity index (χ1n) is 9.02. The second-order valence-corrected chi connectivity index (χ2v) is 6.64. The standard InChI is InChI=1S/C19H14ClFN8O3/c20-14-4-2-1-3-11(14)9-23-25-19(30)16-15(10-31-13-7-5-12(21)6-8-13)29(28-24-16)18-17(22)26-32-27-18/h1-9H,10H2,(H2,22,26)(H,25,30)/b23-9+. The quantitative estimate of drug-likeness (QED) is 0.318. The summed E-state index contributed by atoms with van der Waals surface area (Å²) in [5.41, 5.74) is 8.78. The van der Waals surface area contributed by atoms with E-state index in [1.165, 1.54) is 30.5 Å². The average Bonchev–Trinajstić information content (AvgIpc) is 3.40. The van der Waals surface area contributed by atoms with Crippen molar-refractivity contribution in [2.75, 3.05) is 5.73 Å². The van der Waals surface area contributed by atoms with Crippen molar-refractivity contribution in [2.24, 2.45) is 5.10 Å². The summed E-state index contributed by atoms with van der Waals surface area (Å²) in [6.45, 7) is -0.179. The van der Waals surface area contributed by atoms with E-state index in [1.807, 2.05) is 0 Å². The van der Waals surface area contributed by atoms with Crippen LogP contribution in [0.2, 0.25) is 5.02 Å². The number of aromatic nitrogens is 5. The molecule has 13 heteroatoms. The molecule has 2 heterocycles. The maximum atomic E-state index is 13.1. The minimum Gasteiger partial charge on any atom is -0.487 e. The summed E-state index contributed by atoms with van der Waals surface area (Å²) in [5, 5.41) is 19.3. The molecule has 0 unspecified atom stereocenters. The highest BCUT2D eigenvalue weighted by Gasteiger charge is 2.24. The van der Waals surface area contributed by atoms with Crippen LogP contribution in [0.4, 0.5) is 10.2 Å². The smallest absolute Gasteiger partial charge is 0.293 e. The van der Waals surface area contributed by atoms with Crippen LogP contribution < -0.4 is 15.9 Å². The molecule has 4 aromatic rings. The topological polar surface area (TPSA) is 146 Å². The summed E-state index contributed by atoms with van der Waals surface area (Å²) in [4.78, 5) is 12.7. The number of benzene rings is 2. The van der Waals surface area contributed by atoms with Gasteiger partial charge in [0, 0.05) is 10.6 Å². The van der Waals surface area contributed by atoms with Gasteiger partial charge in [-0.3, -0.25) is 4.79 Å². The number of nitrogens with two attached hydrogens (primary N) is 1. The van der Waals surface area contributed by atoms with Crippen LogP contribution in [-0.4, -0.2) is 37.4 Å². The molecule has 2 aromatic heterocycles. The monoisotopic (exact) mass is 456 g/mol. The van der Waals surface area contributed by atoms with E-state index in [-0.39, 0.29) is 29.6 Å². The number of carbonyl (C=O) groups is 1. The van der Waals surface area contributed by atoms with Gasteiger partial charge in [0.2, 0.25) is 11.6 Å². The van der Waals surface area contributed by atoms with Crippen molar-refractivity contribution in [3.05, 3.63) is 76.3 Å². The minimum atomic E-state index is -0.674. The van der Waals surface area contributed by atoms with Crippen LogP contribution in [0.3, 0.4) is 0 Å². The second kappa shape index (κ2) is 9.22. The first kappa shape index (κ1) is 20.9. The third-order valence-electron chi connectivity index (χ3n) is 4.14. The zero-order valence-corrected chi connectivity index (χ0v) is 16.9. The van der Waals surface area contributed by atoms with Crippen LogP contribution >= 0.6 is 11.6 Å². The molecule has 0 aliphatic carbocycles. The van der Waals surface area contributed by atoms with Crippen LogP contribution in [0, 0.1) is 5.82 Å². The van der Waals surface area contributed by atoms with E-state index in [0.717, 1.165) is 4.68 Å². The number of rotatable bonds is 7. The number of nitrogens with one attached hydrogen (secondary N) is 1. The van der Waals surface area contributed by atoms with Gasteiger partial charge in [0.25, 0.3) is 5.91 Å². The minimum absolute atomic E-state index is 0.0221. The molecule has 1 amide bonds. The van der Waals surface area contributed by atoms with Crippen LogP contribution in [0.15, 0.2) is 58.3 Å². The third-order valence-corrected chi connectivity index (χ3v) is 4.48. The predicted octanol–water partition coefficient (Wildman–Crippen LogP) is 2.37. The number of hydrogen-bond donors (Lipinski definition) is 2. The molecule has 162 valence electrons. The number of nitrogens with zero attached hydrogens (tertiary/aromatic N) is 6. The Morgan fingerprint density at radius 1 is 1.25 bits per heavy atom. The van der Waals surface area contributed by atoms with E-state index in [4.69, 9.17) is 22.1 Å². The van der Waals surface area contributed by atoms with Gasteiger partial charge < -0.3 is 10.5 Å². The van der Waals surface area contributed by atoms with Crippen molar-refractivity contribution in [3.8, 4) is 11.6 Å². The number of carbonyl (C=O) groups excluding carboxylic acids is 1. The zero-order valence-electron chi connectivity index (χ0n) is 16.1. The third kappa shape index (κ3) is 4.54. The van der Waals surface area contributed by atoms with Gasteiger partial charge in [-0.2, -0.15) is 9.78 Å². The van der Waals surface area contributed by atoms with Crippen molar-refractivity contribution in [1.82, 2.24) is 30.7 Å². The molecule has 0 saturated heterocycles. The fraction of sp³-hybridized carbons (Fsp3) is 0.0526. The number of ether oxygens (including phenoxy) is 1. The lowest BCUT2D eigenvalue weighted by atomic mass is 10.2. The fourth-order valence-electron chi connectivity index (χ4n) is 2.59. The molecule has 4 rings (SSSR count). The lowest BCUT2D eigenvalue weighted by Crippen LogP contribution is -2.21. The molecular weight excluding hydrogens is 443 g/mol. The van der Waals surface area contributed by atoms with Gasteiger partial charge in [0.15, 0.2) is 5.69 Å². The molecule has 0 atom stereocenters. The van der Waals surface area contributed by atoms with E-state index in [1.54, 1.807) is 24.3 Å². The summed E-state index contributed by atoms with van der Waals surface area (Å²) in [5.74, 6) is -0.779.